The fraction of sp³-hybridized carbons (Fsp3) is 0.368. The van der Waals surface area contributed by atoms with Crippen LogP contribution in [-0.4, -0.2) is 35.7 Å². The van der Waals surface area contributed by atoms with Gasteiger partial charge in [-0.1, -0.05) is 24.3 Å². The normalized spacial score (nSPS) is 13.4. The van der Waals surface area contributed by atoms with Crippen LogP contribution in [0.2, 0.25) is 0 Å². The van der Waals surface area contributed by atoms with Crippen molar-refractivity contribution in [3.05, 3.63) is 59.7 Å². The number of anilines is 1. The maximum Gasteiger partial charge on any atom is 0.461 e. The van der Waals surface area contributed by atoms with Crippen molar-refractivity contribution in [2.75, 3.05) is 11.4 Å². The Bertz CT molecular complexity index is 815. The summed E-state index contributed by atoms with van der Waals surface area (Å²) in [6, 6.07) is 11.7. The number of hydrogen-bond donors (Lipinski definition) is 1. The Hall–Kier alpha value is -2.13. The van der Waals surface area contributed by atoms with Gasteiger partial charge in [-0.05, 0) is 53.9 Å². The number of ether oxygens (including phenoxy) is 1. The molecule has 10 heteroatoms. The Morgan fingerprint density at radius 1 is 1.07 bits per heavy atom. The average Bonchev–Trinajstić information content (AvgIpc) is 2.60. The second kappa shape index (κ2) is 9.13. The lowest BCUT2D eigenvalue weighted by atomic mass is 10.1. The van der Waals surface area contributed by atoms with E-state index in [4.69, 9.17) is 11.6 Å². The number of halogens is 7. The van der Waals surface area contributed by atoms with E-state index in [-0.39, 0.29) is 6.54 Å². The van der Waals surface area contributed by atoms with Crippen LogP contribution in [0.3, 0.4) is 0 Å². The zero-order valence-corrected chi connectivity index (χ0v) is 15.9. The molecule has 0 unspecified atom stereocenters. The first-order valence-corrected chi connectivity index (χ1v) is 8.76. The Kier molecular flexibility index (Phi) is 7.29. The number of nitrogens with zero attached hydrogens (tertiary/aromatic N) is 1. The molecule has 0 heterocycles. The van der Waals surface area contributed by atoms with Crippen molar-refractivity contribution < 1.29 is 36.2 Å². The summed E-state index contributed by atoms with van der Waals surface area (Å²) in [5.41, 5.74) is 1.58. The largest absolute Gasteiger partial charge is 0.461 e. The lowest BCUT2D eigenvalue weighted by molar-refractivity contribution is -0.253. The summed E-state index contributed by atoms with van der Waals surface area (Å²) in [7, 11) is 0. The lowest BCUT2D eigenvalue weighted by Gasteiger charge is -2.29. The van der Waals surface area contributed by atoms with Crippen LogP contribution in [0.15, 0.2) is 48.5 Å². The van der Waals surface area contributed by atoms with Gasteiger partial charge in [0.25, 0.3) is 0 Å². The second-order valence-electron chi connectivity index (χ2n) is 6.39. The lowest BCUT2D eigenvalue weighted by Crippen LogP contribution is -2.40. The third kappa shape index (κ3) is 6.71. The molecule has 0 radical (unpaired) electrons. The molecule has 0 aliphatic carbocycles. The van der Waals surface area contributed by atoms with E-state index in [0.29, 0.717) is 11.3 Å². The van der Waals surface area contributed by atoms with E-state index >= 15 is 0 Å². The Balaban J connectivity index is 2.28. The van der Waals surface area contributed by atoms with Crippen molar-refractivity contribution in [3.8, 4) is 5.75 Å². The van der Waals surface area contributed by atoms with Gasteiger partial charge in [0, 0.05) is 12.2 Å². The summed E-state index contributed by atoms with van der Waals surface area (Å²) in [6.07, 6.45) is -10.9. The fourth-order valence-corrected chi connectivity index (χ4v) is 2.60. The second-order valence-corrected chi connectivity index (χ2v) is 6.89. The van der Waals surface area contributed by atoms with Gasteiger partial charge in [-0.25, -0.2) is 0 Å². The maximum absolute atomic E-state index is 13.2. The van der Waals surface area contributed by atoms with E-state index in [1.54, 1.807) is 31.2 Å². The number of aliphatic hydroxyl groups excluding tert-OH is 1. The number of hydrogen-bond acceptors (Lipinski definition) is 3. The first-order chi connectivity index (χ1) is 13.4. The summed E-state index contributed by atoms with van der Waals surface area (Å²) < 4.78 is 81.5. The van der Waals surface area contributed by atoms with Crippen LogP contribution in [0, 0.1) is 6.92 Å². The van der Waals surface area contributed by atoms with Gasteiger partial charge in [0.2, 0.25) is 0 Å². The third-order valence-electron chi connectivity index (χ3n) is 3.92. The predicted octanol–water partition coefficient (Wildman–Crippen LogP) is 5.43. The number of aryl methyl sites for hydroxylation is 1. The van der Waals surface area contributed by atoms with E-state index in [0.717, 1.165) is 17.7 Å². The Morgan fingerprint density at radius 2 is 1.72 bits per heavy atom. The van der Waals surface area contributed by atoms with Gasteiger partial charge in [-0.3, -0.25) is 0 Å². The summed E-state index contributed by atoms with van der Waals surface area (Å²) in [6.45, 7) is 1.10. The highest BCUT2D eigenvalue weighted by atomic mass is 35.5. The molecule has 0 saturated heterocycles. The molecule has 1 atom stereocenters. The van der Waals surface area contributed by atoms with Crippen molar-refractivity contribution in [3.63, 3.8) is 0 Å². The van der Waals surface area contributed by atoms with Crippen molar-refractivity contribution in [2.45, 2.75) is 37.5 Å². The average molecular weight is 442 g/mol. The van der Waals surface area contributed by atoms with E-state index in [2.05, 4.69) is 4.74 Å². The molecule has 1 N–H and O–H groups in total. The number of aliphatic hydroxyl groups is 1. The Morgan fingerprint density at radius 3 is 2.31 bits per heavy atom. The first-order valence-electron chi connectivity index (χ1n) is 8.39. The molecule has 160 valence electrons. The zero-order chi connectivity index (χ0) is 21.8. The van der Waals surface area contributed by atoms with Crippen LogP contribution >= 0.6 is 11.6 Å². The minimum absolute atomic E-state index is 0.106. The molecular formula is C19H18ClF6NO2. The number of rotatable bonds is 9. The predicted molar refractivity (Wildman–Crippen MR) is 97.1 cm³/mol. The standard InChI is InChI=1S/C19H18ClF6NO2/c1-12-4-2-6-14(8-12)27(11-16(28)18(20,23)24)10-13-5-3-7-15(9-13)29-19(25,26)17(21)22/h2-9,16-17,28H,10-11H2,1H3/t16-/m1/s1. The molecule has 0 bridgehead atoms. The molecule has 3 nitrogen and oxygen atoms in total. The van der Waals surface area contributed by atoms with Gasteiger partial charge < -0.3 is 14.7 Å². The van der Waals surface area contributed by atoms with Crippen LogP contribution in [-0.2, 0) is 6.54 Å². The molecule has 0 aromatic heterocycles. The summed E-state index contributed by atoms with van der Waals surface area (Å²) >= 11 is 4.89. The van der Waals surface area contributed by atoms with Gasteiger partial charge in [0.1, 0.15) is 11.9 Å². The highest BCUT2D eigenvalue weighted by molar-refractivity contribution is 6.22. The maximum atomic E-state index is 13.2. The molecule has 0 aliphatic heterocycles. The molecule has 2 aromatic carbocycles. The molecule has 29 heavy (non-hydrogen) atoms. The van der Waals surface area contributed by atoms with E-state index < -0.39 is 36.3 Å². The first kappa shape index (κ1) is 23.2. The van der Waals surface area contributed by atoms with E-state index in [9.17, 15) is 31.4 Å². The van der Waals surface area contributed by atoms with Gasteiger partial charge in [0.15, 0.2) is 0 Å². The number of alkyl halides is 7. The molecule has 2 rings (SSSR count). The highest BCUT2D eigenvalue weighted by Crippen LogP contribution is 2.30. The van der Waals surface area contributed by atoms with Crippen molar-refractivity contribution >= 4 is 17.3 Å². The van der Waals surface area contributed by atoms with E-state index in [1.165, 1.54) is 17.0 Å². The van der Waals surface area contributed by atoms with Crippen molar-refractivity contribution in [1.29, 1.82) is 0 Å². The van der Waals surface area contributed by atoms with Gasteiger partial charge in [0.05, 0.1) is 6.54 Å². The van der Waals surface area contributed by atoms with Crippen molar-refractivity contribution in [2.24, 2.45) is 0 Å². The highest BCUT2D eigenvalue weighted by Gasteiger charge is 2.44. The summed E-state index contributed by atoms with van der Waals surface area (Å²) in [4.78, 5) is 1.36. The number of benzene rings is 2. The zero-order valence-electron chi connectivity index (χ0n) is 15.1. The molecule has 0 aliphatic rings. The Labute approximate surface area is 168 Å². The van der Waals surface area contributed by atoms with Crippen LogP contribution in [0.1, 0.15) is 11.1 Å². The third-order valence-corrected chi connectivity index (χ3v) is 4.17. The minimum atomic E-state index is -4.67. The summed E-state index contributed by atoms with van der Waals surface area (Å²) in [5, 5.41) is 5.82. The molecule has 0 fully saturated rings. The molecule has 2 aromatic rings. The SMILES string of the molecule is Cc1cccc(N(Cc2cccc(OC(F)(F)C(F)F)c2)C[C@@H](O)C(F)(F)Cl)c1. The fourth-order valence-electron chi connectivity index (χ4n) is 2.53. The van der Waals surface area contributed by atoms with Crippen LogP contribution in [0.5, 0.6) is 5.75 Å². The van der Waals surface area contributed by atoms with E-state index in [1.807, 2.05) is 0 Å². The monoisotopic (exact) mass is 441 g/mol. The van der Waals surface area contributed by atoms with Crippen LogP contribution < -0.4 is 9.64 Å². The van der Waals surface area contributed by atoms with Gasteiger partial charge in [-0.2, -0.15) is 26.3 Å². The molecule has 0 amide bonds. The molecular weight excluding hydrogens is 424 g/mol. The summed E-state index contributed by atoms with van der Waals surface area (Å²) in [5.74, 6) is -0.514. The topological polar surface area (TPSA) is 32.7 Å². The van der Waals surface area contributed by atoms with Crippen LogP contribution in [0.4, 0.5) is 32.0 Å². The quantitative estimate of drug-likeness (QED) is 0.416. The minimum Gasteiger partial charge on any atom is -0.428 e. The molecule has 0 saturated carbocycles. The van der Waals surface area contributed by atoms with Crippen molar-refractivity contribution in [1.82, 2.24) is 0 Å². The smallest absolute Gasteiger partial charge is 0.428 e. The van der Waals surface area contributed by atoms with Crippen LogP contribution in [0.25, 0.3) is 0 Å². The molecule has 0 spiro atoms. The van der Waals surface area contributed by atoms with Gasteiger partial charge >= 0.3 is 17.9 Å². The van der Waals surface area contributed by atoms with Gasteiger partial charge in [-0.15, -0.1) is 0 Å².